The van der Waals surface area contributed by atoms with Crippen LogP contribution >= 0.6 is 45.9 Å². The lowest BCUT2D eigenvalue weighted by atomic mass is 10.2. The highest BCUT2D eigenvalue weighted by Gasteiger charge is 2.19. The van der Waals surface area contributed by atoms with Crippen molar-refractivity contribution in [3.8, 4) is 5.75 Å². The van der Waals surface area contributed by atoms with E-state index in [0.29, 0.717) is 31.1 Å². The van der Waals surface area contributed by atoms with E-state index in [1.165, 1.54) is 28.9 Å². The molecular formula is C25H14Cl2N2O3S2. The normalized spacial score (nSPS) is 11.4. The molecule has 2 aromatic heterocycles. The molecule has 3 aromatic carbocycles. The first-order valence-corrected chi connectivity index (χ1v) is 12.4. The first-order chi connectivity index (χ1) is 16.5. The number of hydrazone groups is 1. The Morgan fingerprint density at radius 1 is 0.794 bits per heavy atom. The van der Waals surface area contributed by atoms with Crippen LogP contribution in [-0.4, -0.2) is 18.1 Å². The fourth-order valence-electron chi connectivity index (χ4n) is 3.30. The molecule has 0 spiro atoms. The molecule has 0 aliphatic rings. The van der Waals surface area contributed by atoms with Crippen molar-refractivity contribution in [2.75, 3.05) is 0 Å². The van der Waals surface area contributed by atoms with Crippen molar-refractivity contribution < 1.29 is 14.3 Å². The molecule has 168 valence electrons. The highest BCUT2D eigenvalue weighted by Crippen LogP contribution is 2.36. The van der Waals surface area contributed by atoms with Gasteiger partial charge >= 0.3 is 5.97 Å². The van der Waals surface area contributed by atoms with Crippen molar-refractivity contribution in [3.05, 3.63) is 98.2 Å². The van der Waals surface area contributed by atoms with Crippen molar-refractivity contribution in [1.82, 2.24) is 5.43 Å². The monoisotopic (exact) mass is 524 g/mol. The summed E-state index contributed by atoms with van der Waals surface area (Å²) in [5.74, 6) is -0.523. The number of hydrogen-bond donors (Lipinski definition) is 1. The van der Waals surface area contributed by atoms with Gasteiger partial charge in [0.1, 0.15) is 15.5 Å². The molecule has 1 N–H and O–H groups in total. The highest BCUT2D eigenvalue weighted by atomic mass is 35.5. The second-order valence-electron chi connectivity index (χ2n) is 7.14. The smallest absolute Gasteiger partial charge is 0.355 e. The Kier molecular flexibility index (Phi) is 6.34. The standard InChI is InChI=1S/C25H14Cl2N2O3S2/c26-20-16-5-1-3-7-18(16)33-22(20)24(30)29-28-13-14-9-11-15(12-10-14)32-25(31)23-21(27)17-6-2-4-8-19(17)34-23/h1-13H,(H,29,30)/b28-13-. The molecule has 5 aromatic rings. The maximum absolute atomic E-state index is 12.6. The van der Waals surface area contributed by atoms with E-state index in [9.17, 15) is 9.59 Å². The number of benzene rings is 3. The van der Waals surface area contributed by atoms with Gasteiger partial charge < -0.3 is 4.74 Å². The number of nitrogens with one attached hydrogen (secondary N) is 1. The van der Waals surface area contributed by atoms with Crippen LogP contribution in [0, 0.1) is 0 Å². The molecule has 0 fully saturated rings. The Balaban J connectivity index is 1.23. The third-order valence-corrected chi connectivity index (χ3v) is 8.26. The number of fused-ring (bicyclic) bond motifs is 2. The van der Waals surface area contributed by atoms with Crippen LogP contribution in [0.2, 0.25) is 10.0 Å². The quantitative estimate of drug-likeness (QED) is 0.113. The Hall–Kier alpha value is -3.23. The van der Waals surface area contributed by atoms with Crippen molar-refractivity contribution in [2.24, 2.45) is 5.10 Å². The summed E-state index contributed by atoms with van der Waals surface area (Å²) in [4.78, 5) is 25.8. The molecular weight excluding hydrogens is 511 g/mol. The Labute approximate surface area is 212 Å². The van der Waals surface area contributed by atoms with E-state index in [4.69, 9.17) is 27.9 Å². The molecule has 5 rings (SSSR count). The lowest BCUT2D eigenvalue weighted by Crippen LogP contribution is -2.16. The Bertz CT molecular complexity index is 1570. The molecule has 0 aliphatic heterocycles. The number of halogens is 2. The molecule has 0 unspecified atom stereocenters. The number of hydrogen-bond acceptors (Lipinski definition) is 6. The molecule has 5 nitrogen and oxygen atoms in total. The molecule has 0 saturated heterocycles. The van der Waals surface area contributed by atoms with E-state index >= 15 is 0 Å². The van der Waals surface area contributed by atoms with Gasteiger partial charge in [0.05, 0.1) is 16.3 Å². The first-order valence-electron chi connectivity index (χ1n) is 10.0. The minimum absolute atomic E-state index is 0.358. The zero-order chi connectivity index (χ0) is 23.7. The van der Waals surface area contributed by atoms with Crippen LogP contribution in [-0.2, 0) is 0 Å². The van der Waals surface area contributed by atoms with E-state index in [1.54, 1.807) is 24.3 Å². The molecule has 2 heterocycles. The fourth-order valence-corrected chi connectivity index (χ4v) is 6.09. The maximum atomic E-state index is 12.6. The zero-order valence-corrected chi connectivity index (χ0v) is 20.4. The fraction of sp³-hybridized carbons (Fsp3) is 0. The molecule has 0 atom stereocenters. The lowest BCUT2D eigenvalue weighted by Gasteiger charge is -2.03. The number of esters is 1. The van der Waals surface area contributed by atoms with Gasteiger partial charge in [-0.15, -0.1) is 22.7 Å². The van der Waals surface area contributed by atoms with Gasteiger partial charge in [-0.1, -0.05) is 59.6 Å². The number of nitrogens with zero attached hydrogens (tertiary/aromatic N) is 1. The largest absolute Gasteiger partial charge is 0.422 e. The number of rotatable bonds is 5. The predicted molar refractivity (Wildman–Crippen MR) is 140 cm³/mol. The Morgan fingerprint density at radius 3 is 1.97 bits per heavy atom. The van der Waals surface area contributed by atoms with E-state index < -0.39 is 5.97 Å². The number of ether oxygens (including phenoxy) is 1. The number of carbonyl (C=O) groups is 2. The summed E-state index contributed by atoms with van der Waals surface area (Å²) < 4.78 is 7.32. The summed E-state index contributed by atoms with van der Waals surface area (Å²) >= 11 is 15.3. The summed E-state index contributed by atoms with van der Waals surface area (Å²) in [6, 6.07) is 21.8. The second kappa shape index (κ2) is 9.56. The molecule has 9 heteroatoms. The van der Waals surface area contributed by atoms with Gasteiger partial charge in [0.25, 0.3) is 5.91 Å². The number of amides is 1. The Morgan fingerprint density at radius 2 is 1.35 bits per heavy atom. The van der Waals surface area contributed by atoms with Crippen molar-refractivity contribution in [2.45, 2.75) is 0 Å². The summed E-state index contributed by atoms with van der Waals surface area (Å²) in [7, 11) is 0. The average Bonchev–Trinajstić information content (AvgIpc) is 3.37. The van der Waals surface area contributed by atoms with Gasteiger partial charge in [0, 0.05) is 20.2 Å². The minimum atomic E-state index is -0.514. The summed E-state index contributed by atoms with van der Waals surface area (Å²) in [5, 5.41) is 6.47. The number of carbonyl (C=O) groups excluding carboxylic acids is 2. The van der Waals surface area contributed by atoms with Crippen molar-refractivity contribution in [1.29, 1.82) is 0 Å². The van der Waals surface area contributed by atoms with E-state index in [0.717, 1.165) is 20.2 Å². The van der Waals surface area contributed by atoms with Gasteiger partial charge in [-0.3, -0.25) is 4.79 Å². The van der Waals surface area contributed by atoms with Gasteiger partial charge in [-0.25, -0.2) is 10.2 Å². The van der Waals surface area contributed by atoms with Crippen molar-refractivity contribution in [3.63, 3.8) is 0 Å². The van der Waals surface area contributed by atoms with Gasteiger partial charge in [-0.2, -0.15) is 5.10 Å². The zero-order valence-electron chi connectivity index (χ0n) is 17.2. The molecule has 0 aliphatic carbocycles. The van der Waals surface area contributed by atoms with Crippen LogP contribution in [0.15, 0.2) is 77.9 Å². The van der Waals surface area contributed by atoms with Crippen LogP contribution in [0.3, 0.4) is 0 Å². The second-order valence-corrected chi connectivity index (χ2v) is 10.0. The molecule has 0 bridgehead atoms. The lowest BCUT2D eigenvalue weighted by molar-refractivity contribution is 0.0739. The van der Waals surface area contributed by atoms with Crippen molar-refractivity contribution >= 4 is 84.1 Å². The van der Waals surface area contributed by atoms with E-state index in [1.807, 2.05) is 48.5 Å². The average molecular weight is 525 g/mol. The van der Waals surface area contributed by atoms with E-state index in [-0.39, 0.29) is 5.91 Å². The predicted octanol–water partition coefficient (Wildman–Crippen LogP) is 7.41. The first kappa shape index (κ1) is 22.6. The highest BCUT2D eigenvalue weighted by molar-refractivity contribution is 7.22. The summed E-state index contributed by atoms with van der Waals surface area (Å²) in [5.41, 5.74) is 3.20. The van der Waals surface area contributed by atoms with Crippen LogP contribution < -0.4 is 10.2 Å². The van der Waals surface area contributed by atoms with Crippen LogP contribution in [0.25, 0.3) is 20.2 Å². The summed E-state index contributed by atoms with van der Waals surface area (Å²) in [6.45, 7) is 0. The van der Waals surface area contributed by atoms with E-state index in [2.05, 4.69) is 10.5 Å². The maximum Gasteiger partial charge on any atom is 0.355 e. The molecule has 34 heavy (non-hydrogen) atoms. The van der Waals surface area contributed by atoms with Crippen LogP contribution in [0.4, 0.5) is 0 Å². The van der Waals surface area contributed by atoms with Gasteiger partial charge in [0.15, 0.2) is 0 Å². The topological polar surface area (TPSA) is 67.8 Å². The SMILES string of the molecule is O=C(N/N=C\c1ccc(OC(=O)c2sc3ccccc3c2Cl)cc1)c1sc2ccccc2c1Cl. The van der Waals surface area contributed by atoms with Crippen LogP contribution in [0.1, 0.15) is 24.9 Å². The summed E-state index contributed by atoms with van der Waals surface area (Å²) in [6.07, 6.45) is 1.49. The van der Waals surface area contributed by atoms with Gasteiger partial charge in [-0.05, 0) is 42.0 Å². The minimum Gasteiger partial charge on any atom is -0.422 e. The van der Waals surface area contributed by atoms with Gasteiger partial charge in [0.2, 0.25) is 0 Å². The number of thiophene rings is 2. The molecule has 0 saturated carbocycles. The third-order valence-electron chi connectivity index (χ3n) is 4.93. The molecule has 1 amide bonds. The third kappa shape index (κ3) is 4.43. The van der Waals surface area contributed by atoms with Crippen LogP contribution in [0.5, 0.6) is 5.75 Å². The molecule has 0 radical (unpaired) electrons.